The van der Waals surface area contributed by atoms with Crippen LogP contribution in [0.2, 0.25) is 0 Å². The Kier molecular flexibility index (Phi) is 9.08. The molecular formula is C20H35N3O2. The summed E-state index contributed by atoms with van der Waals surface area (Å²) in [7, 11) is 0. The van der Waals surface area contributed by atoms with Crippen molar-refractivity contribution in [1.82, 2.24) is 9.97 Å². The van der Waals surface area contributed by atoms with E-state index in [1.54, 1.807) is 12.4 Å². The molecular weight excluding hydrogens is 314 g/mol. The van der Waals surface area contributed by atoms with Crippen LogP contribution in [0.25, 0.3) is 0 Å². The average Bonchev–Trinajstić information content (AvgIpc) is 2.48. The lowest BCUT2D eigenvalue weighted by atomic mass is 9.99. The van der Waals surface area contributed by atoms with Gasteiger partial charge in [-0.25, -0.2) is 9.97 Å². The molecule has 142 valence electrons. The first-order chi connectivity index (χ1) is 11.7. The van der Waals surface area contributed by atoms with Gasteiger partial charge in [0.2, 0.25) is 0 Å². The second-order valence-corrected chi connectivity index (χ2v) is 8.50. The Balaban J connectivity index is 2.08. The second-order valence-electron chi connectivity index (χ2n) is 8.50. The van der Waals surface area contributed by atoms with Gasteiger partial charge in [0, 0.05) is 12.1 Å². The highest BCUT2D eigenvalue weighted by Gasteiger charge is 2.10. The number of aromatic nitrogens is 2. The number of rotatable bonds is 10. The van der Waals surface area contributed by atoms with E-state index in [2.05, 4.69) is 69.0 Å². The molecule has 1 rings (SSSR count). The molecule has 0 saturated heterocycles. The Hall–Kier alpha value is -1.46. The van der Waals surface area contributed by atoms with Crippen molar-refractivity contribution in [3.63, 3.8) is 0 Å². The lowest BCUT2D eigenvalue weighted by molar-refractivity contribution is 0.0907. The molecule has 1 aromatic rings. The molecule has 5 heteroatoms. The molecule has 0 bridgehead atoms. The van der Waals surface area contributed by atoms with Gasteiger partial charge in [0.1, 0.15) is 6.61 Å². The monoisotopic (exact) mass is 349 g/mol. The summed E-state index contributed by atoms with van der Waals surface area (Å²) in [5.74, 6) is 0.714. The fraction of sp³-hybridized carbons (Fsp3) is 0.700. The van der Waals surface area contributed by atoms with Crippen LogP contribution < -0.4 is 5.32 Å². The second kappa shape index (κ2) is 10.5. The Morgan fingerprint density at radius 1 is 1.00 bits per heavy atom. The normalized spacial score (nSPS) is 12.7. The third kappa shape index (κ3) is 12.5. The molecule has 0 aliphatic heterocycles. The molecule has 0 saturated carbocycles. The lowest BCUT2D eigenvalue weighted by Crippen LogP contribution is -2.26. The number of anilines is 1. The fourth-order valence-corrected chi connectivity index (χ4v) is 2.01. The van der Waals surface area contributed by atoms with Gasteiger partial charge in [-0.3, -0.25) is 0 Å². The molecule has 0 spiro atoms. The van der Waals surface area contributed by atoms with Crippen LogP contribution in [-0.4, -0.2) is 35.3 Å². The smallest absolute Gasteiger partial charge is 0.154 e. The topological polar surface area (TPSA) is 56.3 Å². The van der Waals surface area contributed by atoms with Crippen LogP contribution >= 0.6 is 0 Å². The number of unbranched alkanes of at least 4 members (excludes halogenated alkanes) is 1. The van der Waals surface area contributed by atoms with E-state index in [0.29, 0.717) is 25.6 Å². The van der Waals surface area contributed by atoms with Gasteiger partial charge in [0.15, 0.2) is 5.82 Å². The SMILES string of the molecule is CC(C)(C)COCC=CCCCOCc1ncc(NC(C)(C)C)cn1. The van der Waals surface area contributed by atoms with Gasteiger partial charge in [0.05, 0.1) is 31.3 Å². The van der Waals surface area contributed by atoms with Crippen molar-refractivity contribution in [3.8, 4) is 0 Å². The van der Waals surface area contributed by atoms with Crippen molar-refractivity contribution >= 4 is 5.69 Å². The largest absolute Gasteiger partial charge is 0.378 e. The van der Waals surface area contributed by atoms with Crippen molar-refractivity contribution in [2.24, 2.45) is 5.41 Å². The van der Waals surface area contributed by atoms with E-state index < -0.39 is 0 Å². The molecule has 0 fully saturated rings. The van der Waals surface area contributed by atoms with Gasteiger partial charge in [-0.05, 0) is 39.0 Å². The molecule has 0 radical (unpaired) electrons. The molecule has 0 atom stereocenters. The molecule has 5 nitrogen and oxygen atoms in total. The van der Waals surface area contributed by atoms with Crippen molar-refractivity contribution in [2.75, 3.05) is 25.1 Å². The van der Waals surface area contributed by atoms with E-state index >= 15 is 0 Å². The molecule has 0 aromatic carbocycles. The maximum Gasteiger partial charge on any atom is 0.154 e. The number of hydrogen-bond acceptors (Lipinski definition) is 5. The summed E-state index contributed by atoms with van der Waals surface area (Å²) >= 11 is 0. The van der Waals surface area contributed by atoms with Crippen LogP contribution in [-0.2, 0) is 16.1 Å². The molecule has 1 aromatic heterocycles. The van der Waals surface area contributed by atoms with Crippen LogP contribution in [0.5, 0.6) is 0 Å². The highest BCUT2D eigenvalue weighted by molar-refractivity contribution is 5.40. The molecule has 0 amide bonds. The van der Waals surface area contributed by atoms with Gasteiger partial charge in [0.25, 0.3) is 0 Å². The van der Waals surface area contributed by atoms with Crippen LogP contribution in [0.1, 0.15) is 60.2 Å². The first-order valence-corrected chi connectivity index (χ1v) is 9.05. The molecule has 25 heavy (non-hydrogen) atoms. The molecule has 0 aliphatic rings. The number of nitrogens with zero attached hydrogens (tertiary/aromatic N) is 2. The minimum Gasteiger partial charge on any atom is -0.378 e. The Morgan fingerprint density at radius 3 is 2.28 bits per heavy atom. The fourth-order valence-electron chi connectivity index (χ4n) is 2.01. The van der Waals surface area contributed by atoms with E-state index in [4.69, 9.17) is 9.47 Å². The van der Waals surface area contributed by atoms with Crippen molar-refractivity contribution < 1.29 is 9.47 Å². The van der Waals surface area contributed by atoms with Gasteiger partial charge in [-0.15, -0.1) is 0 Å². The van der Waals surface area contributed by atoms with Crippen molar-refractivity contribution in [3.05, 3.63) is 30.4 Å². The van der Waals surface area contributed by atoms with E-state index in [1.165, 1.54) is 0 Å². The summed E-state index contributed by atoms with van der Waals surface area (Å²) < 4.78 is 11.2. The number of nitrogens with one attached hydrogen (secondary N) is 1. The van der Waals surface area contributed by atoms with Gasteiger partial charge in [-0.1, -0.05) is 32.9 Å². The molecule has 1 heterocycles. The third-order valence-corrected chi connectivity index (χ3v) is 3.03. The minimum absolute atomic E-state index is 0.00663. The molecule has 1 N–H and O–H groups in total. The zero-order valence-corrected chi connectivity index (χ0v) is 16.8. The molecule has 0 aliphatic carbocycles. The summed E-state index contributed by atoms with van der Waals surface area (Å²) in [6, 6.07) is 0. The summed E-state index contributed by atoms with van der Waals surface area (Å²) in [5.41, 5.74) is 1.16. The van der Waals surface area contributed by atoms with Crippen LogP contribution in [0.3, 0.4) is 0 Å². The van der Waals surface area contributed by atoms with Crippen LogP contribution in [0, 0.1) is 5.41 Å². The predicted molar refractivity (Wildman–Crippen MR) is 104 cm³/mol. The minimum atomic E-state index is 0.00663. The van der Waals surface area contributed by atoms with E-state index in [1.807, 2.05) is 0 Å². The van der Waals surface area contributed by atoms with Crippen LogP contribution in [0.15, 0.2) is 24.5 Å². The zero-order chi connectivity index (χ0) is 18.8. The summed E-state index contributed by atoms with van der Waals surface area (Å²) in [5, 5.41) is 3.34. The first-order valence-electron chi connectivity index (χ1n) is 9.05. The number of ether oxygens (including phenoxy) is 2. The highest BCUT2D eigenvalue weighted by atomic mass is 16.5. The van der Waals surface area contributed by atoms with Gasteiger partial charge < -0.3 is 14.8 Å². The zero-order valence-electron chi connectivity index (χ0n) is 16.8. The Bertz CT molecular complexity index is 499. The summed E-state index contributed by atoms with van der Waals surface area (Å²) in [6.07, 6.45) is 9.81. The predicted octanol–water partition coefficient (Wildman–Crippen LogP) is 4.60. The maximum absolute atomic E-state index is 5.62. The van der Waals surface area contributed by atoms with Crippen molar-refractivity contribution in [2.45, 2.75) is 66.5 Å². The van der Waals surface area contributed by atoms with E-state index in [-0.39, 0.29) is 11.0 Å². The summed E-state index contributed by atoms with van der Waals surface area (Å²) in [6.45, 7) is 15.5. The summed E-state index contributed by atoms with van der Waals surface area (Å²) in [4.78, 5) is 8.64. The first kappa shape index (κ1) is 21.6. The van der Waals surface area contributed by atoms with E-state index in [9.17, 15) is 0 Å². The number of allylic oxidation sites excluding steroid dienone is 1. The van der Waals surface area contributed by atoms with Crippen molar-refractivity contribution in [1.29, 1.82) is 0 Å². The average molecular weight is 350 g/mol. The van der Waals surface area contributed by atoms with Gasteiger partial charge >= 0.3 is 0 Å². The third-order valence-electron chi connectivity index (χ3n) is 3.03. The highest BCUT2D eigenvalue weighted by Crippen LogP contribution is 2.13. The maximum atomic E-state index is 5.62. The van der Waals surface area contributed by atoms with Gasteiger partial charge in [-0.2, -0.15) is 0 Å². The standard InChI is InChI=1S/C20H35N3O2/c1-19(2,3)16-25-12-10-8-7-9-11-24-15-18-21-13-17(14-22-18)23-20(4,5)6/h8,10,13-14,23H,7,9,11-12,15-16H2,1-6H3. The molecule has 0 unspecified atom stereocenters. The Labute approximate surface area is 153 Å². The number of hydrogen-bond donors (Lipinski definition) is 1. The quantitative estimate of drug-likeness (QED) is 0.494. The Morgan fingerprint density at radius 2 is 1.68 bits per heavy atom. The van der Waals surface area contributed by atoms with E-state index in [0.717, 1.165) is 25.1 Å². The lowest BCUT2D eigenvalue weighted by Gasteiger charge is -2.21. The van der Waals surface area contributed by atoms with Crippen LogP contribution in [0.4, 0.5) is 5.69 Å².